The predicted octanol–water partition coefficient (Wildman–Crippen LogP) is 5.65. The average Bonchev–Trinajstić information content (AvgIpc) is 3.15. The van der Waals surface area contributed by atoms with E-state index in [9.17, 15) is 14.0 Å². The van der Waals surface area contributed by atoms with Gasteiger partial charge < -0.3 is 9.15 Å². The molecule has 1 atom stereocenters. The maximum Gasteiger partial charge on any atom is 0.296 e. The molecule has 1 aliphatic rings. The Morgan fingerprint density at radius 1 is 1.06 bits per heavy atom. The Morgan fingerprint density at radius 3 is 2.74 bits per heavy atom. The Labute approximate surface area is 195 Å². The summed E-state index contributed by atoms with van der Waals surface area (Å²) in [5, 5.41) is 0.0893. The second-order valence-corrected chi connectivity index (χ2v) is 8.21. The molecule has 7 heteroatoms. The fourth-order valence-electron chi connectivity index (χ4n) is 4.31. The first-order chi connectivity index (χ1) is 16.6. The zero-order chi connectivity index (χ0) is 23.7. The van der Waals surface area contributed by atoms with E-state index in [-0.39, 0.29) is 22.3 Å². The summed E-state index contributed by atoms with van der Waals surface area (Å²) >= 11 is 0. The molecule has 0 bridgehead atoms. The molecule has 0 saturated heterocycles. The van der Waals surface area contributed by atoms with E-state index >= 15 is 0 Å². The van der Waals surface area contributed by atoms with Crippen LogP contribution in [-0.2, 0) is 0 Å². The van der Waals surface area contributed by atoms with Crippen LogP contribution in [0, 0.1) is 5.82 Å². The third-order valence-electron chi connectivity index (χ3n) is 5.92. The van der Waals surface area contributed by atoms with Crippen LogP contribution in [0.5, 0.6) is 5.75 Å². The number of halogens is 1. The summed E-state index contributed by atoms with van der Waals surface area (Å²) in [6, 6.07) is 15.4. The van der Waals surface area contributed by atoms with E-state index in [1.165, 1.54) is 17.0 Å². The molecule has 0 spiro atoms. The summed E-state index contributed by atoms with van der Waals surface area (Å²) in [6.07, 6.45) is 4.68. The summed E-state index contributed by atoms with van der Waals surface area (Å²) in [7, 11) is 0. The number of benzene rings is 2. The normalized spacial score (nSPS) is 15.1. The number of fused-ring (bicyclic) bond motifs is 2. The number of unbranched alkanes of at least 4 members (excludes halogenated alkanes) is 2. The van der Waals surface area contributed by atoms with Gasteiger partial charge in [0.05, 0.1) is 23.6 Å². The van der Waals surface area contributed by atoms with E-state index in [0.29, 0.717) is 23.7 Å². The molecule has 3 heterocycles. The lowest BCUT2D eigenvalue weighted by molar-refractivity contribution is 0.0970. The van der Waals surface area contributed by atoms with Gasteiger partial charge in [0.1, 0.15) is 23.0 Å². The maximum atomic E-state index is 13.9. The fourth-order valence-corrected chi connectivity index (χ4v) is 4.31. The van der Waals surface area contributed by atoms with Crippen molar-refractivity contribution in [2.24, 2.45) is 0 Å². The van der Waals surface area contributed by atoms with E-state index in [1.54, 1.807) is 24.4 Å². The predicted molar refractivity (Wildman–Crippen MR) is 127 cm³/mol. The van der Waals surface area contributed by atoms with Crippen LogP contribution in [0.3, 0.4) is 0 Å². The van der Waals surface area contributed by atoms with Gasteiger partial charge >= 0.3 is 0 Å². The molecule has 0 fully saturated rings. The lowest BCUT2D eigenvalue weighted by Gasteiger charge is -2.24. The topological polar surface area (TPSA) is 72.6 Å². The molecule has 2 aromatic heterocycles. The molecule has 34 heavy (non-hydrogen) atoms. The van der Waals surface area contributed by atoms with Gasteiger partial charge in [-0.15, -0.1) is 0 Å². The SMILES string of the molecule is CCCCCOc1cccc(C2c3c(oc4ccc(F)cc4c3=O)C(=O)N2c2ccccn2)c1. The number of pyridine rings is 1. The Morgan fingerprint density at radius 2 is 1.94 bits per heavy atom. The first-order valence-corrected chi connectivity index (χ1v) is 11.3. The second kappa shape index (κ2) is 9.09. The number of hydrogen-bond donors (Lipinski definition) is 0. The zero-order valence-corrected chi connectivity index (χ0v) is 18.7. The van der Waals surface area contributed by atoms with Crippen molar-refractivity contribution in [3.63, 3.8) is 0 Å². The molecule has 2 aromatic carbocycles. The number of aromatic nitrogens is 1. The molecule has 1 amide bonds. The summed E-state index contributed by atoms with van der Waals surface area (Å²) in [4.78, 5) is 32.9. The molecular formula is C27H23FN2O4. The third kappa shape index (κ3) is 3.83. The standard InChI is InChI=1S/C27H23FN2O4/c1-2-3-6-14-33-19-9-7-8-17(15-19)24-23-25(31)20-16-18(28)11-12-21(20)34-26(23)27(32)30(24)22-10-4-5-13-29-22/h4-5,7-13,15-16,24H,2-3,6,14H2,1H3. The van der Waals surface area contributed by atoms with Crippen LogP contribution >= 0.6 is 0 Å². The molecule has 0 N–H and O–H groups in total. The van der Waals surface area contributed by atoms with Gasteiger partial charge in [0.2, 0.25) is 5.76 Å². The summed E-state index contributed by atoms with van der Waals surface area (Å²) in [5.74, 6) is -0.0606. The molecule has 172 valence electrons. The number of rotatable bonds is 7. The fraction of sp³-hybridized carbons (Fsp3) is 0.222. The number of ether oxygens (including phenoxy) is 1. The van der Waals surface area contributed by atoms with E-state index in [0.717, 1.165) is 25.3 Å². The van der Waals surface area contributed by atoms with Crippen molar-refractivity contribution in [3.8, 4) is 5.75 Å². The number of nitrogens with zero attached hydrogens (tertiary/aromatic N) is 2. The lowest BCUT2D eigenvalue weighted by atomic mass is 9.98. The van der Waals surface area contributed by atoms with Crippen molar-refractivity contribution < 1.29 is 18.3 Å². The maximum absolute atomic E-state index is 13.9. The lowest BCUT2D eigenvalue weighted by Crippen LogP contribution is -2.30. The van der Waals surface area contributed by atoms with Gasteiger partial charge in [-0.25, -0.2) is 9.37 Å². The first kappa shape index (κ1) is 21.8. The Kier molecular flexibility index (Phi) is 5.84. The molecule has 4 aromatic rings. The highest BCUT2D eigenvalue weighted by atomic mass is 19.1. The Hall–Kier alpha value is -4.00. The van der Waals surface area contributed by atoms with Crippen molar-refractivity contribution in [1.29, 1.82) is 0 Å². The quantitative estimate of drug-likeness (QED) is 0.335. The van der Waals surface area contributed by atoms with Gasteiger partial charge in [0.15, 0.2) is 5.43 Å². The van der Waals surface area contributed by atoms with Crippen molar-refractivity contribution in [1.82, 2.24) is 4.98 Å². The molecule has 6 nitrogen and oxygen atoms in total. The van der Waals surface area contributed by atoms with Crippen LogP contribution in [0.15, 0.2) is 76.1 Å². The summed E-state index contributed by atoms with van der Waals surface area (Å²) < 4.78 is 25.7. The highest BCUT2D eigenvalue weighted by Gasteiger charge is 2.44. The smallest absolute Gasteiger partial charge is 0.296 e. The van der Waals surface area contributed by atoms with Crippen LogP contribution < -0.4 is 15.1 Å². The van der Waals surface area contributed by atoms with Crippen LogP contribution in [-0.4, -0.2) is 17.5 Å². The number of hydrogen-bond acceptors (Lipinski definition) is 5. The molecular weight excluding hydrogens is 435 g/mol. The molecule has 5 rings (SSSR count). The van der Waals surface area contributed by atoms with E-state index in [1.807, 2.05) is 24.3 Å². The molecule has 1 unspecified atom stereocenters. The Bertz CT molecular complexity index is 1420. The van der Waals surface area contributed by atoms with Gasteiger partial charge in [-0.3, -0.25) is 14.5 Å². The van der Waals surface area contributed by atoms with Crippen LogP contribution in [0.25, 0.3) is 11.0 Å². The minimum atomic E-state index is -0.791. The van der Waals surface area contributed by atoms with E-state index < -0.39 is 23.2 Å². The van der Waals surface area contributed by atoms with Crippen molar-refractivity contribution in [3.05, 3.63) is 99.8 Å². The number of carbonyl (C=O) groups is 1. The van der Waals surface area contributed by atoms with Crippen LogP contribution in [0.1, 0.15) is 53.9 Å². The molecule has 1 aliphatic heterocycles. The van der Waals surface area contributed by atoms with E-state index in [2.05, 4.69) is 11.9 Å². The number of amides is 1. The minimum Gasteiger partial charge on any atom is -0.494 e. The molecule has 0 saturated carbocycles. The zero-order valence-electron chi connectivity index (χ0n) is 18.7. The van der Waals surface area contributed by atoms with Gasteiger partial charge in [-0.1, -0.05) is 38.0 Å². The summed E-state index contributed by atoms with van der Waals surface area (Å²) in [6.45, 7) is 2.70. The van der Waals surface area contributed by atoms with Gasteiger partial charge in [0.25, 0.3) is 5.91 Å². The number of carbonyl (C=O) groups excluding carboxylic acids is 1. The molecule has 0 aliphatic carbocycles. The van der Waals surface area contributed by atoms with Gasteiger partial charge in [0, 0.05) is 6.20 Å². The average molecular weight is 458 g/mol. The molecule has 0 radical (unpaired) electrons. The number of anilines is 1. The van der Waals surface area contributed by atoms with Gasteiger partial charge in [-0.05, 0) is 54.4 Å². The van der Waals surface area contributed by atoms with Crippen molar-refractivity contribution in [2.45, 2.75) is 32.2 Å². The minimum absolute atomic E-state index is 0.0611. The van der Waals surface area contributed by atoms with Crippen LogP contribution in [0.2, 0.25) is 0 Å². The van der Waals surface area contributed by atoms with Gasteiger partial charge in [-0.2, -0.15) is 0 Å². The Balaban J connectivity index is 1.67. The third-order valence-corrected chi connectivity index (χ3v) is 5.92. The van der Waals surface area contributed by atoms with E-state index in [4.69, 9.17) is 9.15 Å². The highest BCUT2D eigenvalue weighted by molar-refractivity contribution is 6.10. The van der Waals surface area contributed by atoms with Crippen molar-refractivity contribution in [2.75, 3.05) is 11.5 Å². The highest BCUT2D eigenvalue weighted by Crippen LogP contribution is 2.41. The van der Waals surface area contributed by atoms with Crippen LogP contribution in [0.4, 0.5) is 10.2 Å². The largest absolute Gasteiger partial charge is 0.494 e. The monoisotopic (exact) mass is 458 g/mol. The summed E-state index contributed by atoms with van der Waals surface area (Å²) in [5.41, 5.74) is 0.556. The van der Waals surface area contributed by atoms with Crippen molar-refractivity contribution >= 4 is 22.7 Å². The second-order valence-electron chi connectivity index (χ2n) is 8.21. The first-order valence-electron chi connectivity index (χ1n) is 11.3.